The van der Waals surface area contributed by atoms with Gasteiger partial charge in [0.2, 0.25) is 11.8 Å². The van der Waals surface area contributed by atoms with Crippen LogP contribution in [0, 0.1) is 25.6 Å². The topological polar surface area (TPSA) is 101 Å². The third kappa shape index (κ3) is 3.38. The highest BCUT2D eigenvalue weighted by Gasteiger charge is 2.35. The fraction of sp³-hybridized carbons (Fsp3) is 0.263. The average Bonchev–Trinajstić information content (AvgIpc) is 3.35. The number of carbonyl (C=O) groups excluding carboxylic acids is 2. The van der Waals surface area contributed by atoms with E-state index in [0.717, 1.165) is 0 Å². The zero-order valence-electron chi connectivity index (χ0n) is 15.2. The lowest BCUT2D eigenvalue weighted by Crippen LogP contribution is -2.28. The molecule has 8 nitrogen and oxygen atoms in total. The Hall–Kier alpha value is -3.49. The molecule has 0 bridgehead atoms. The van der Waals surface area contributed by atoms with Gasteiger partial charge in [0.1, 0.15) is 17.3 Å². The van der Waals surface area contributed by atoms with E-state index in [1.165, 1.54) is 29.2 Å². The maximum atomic E-state index is 13.1. The van der Waals surface area contributed by atoms with Crippen LogP contribution in [0.2, 0.25) is 0 Å². The molecule has 0 saturated carbocycles. The highest BCUT2D eigenvalue weighted by Crippen LogP contribution is 2.28. The number of aryl methyl sites for hydroxylation is 2. The molecule has 144 valence electrons. The Morgan fingerprint density at radius 3 is 2.64 bits per heavy atom. The molecule has 3 heterocycles. The number of carbonyl (C=O) groups is 2. The van der Waals surface area contributed by atoms with Crippen LogP contribution in [0.25, 0.3) is 11.5 Å². The third-order valence-electron chi connectivity index (χ3n) is 4.56. The number of anilines is 2. The minimum atomic E-state index is -0.578. The average molecular weight is 384 g/mol. The Morgan fingerprint density at radius 1 is 1.21 bits per heavy atom. The number of benzene rings is 1. The summed E-state index contributed by atoms with van der Waals surface area (Å²) >= 11 is 0. The molecule has 1 saturated heterocycles. The van der Waals surface area contributed by atoms with Gasteiger partial charge in [0.25, 0.3) is 5.89 Å². The lowest BCUT2D eigenvalue weighted by molar-refractivity contribution is -0.122. The highest BCUT2D eigenvalue weighted by atomic mass is 19.1. The molecular weight excluding hydrogens is 367 g/mol. The van der Waals surface area contributed by atoms with Gasteiger partial charge in [-0.3, -0.25) is 14.9 Å². The summed E-state index contributed by atoms with van der Waals surface area (Å²) in [6, 6.07) is 7.28. The van der Waals surface area contributed by atoms with Crippen LogP contribution in [0.1, 0.15) is 17.9 Å². The summed E-state index contributed by atoms with van der Waals surface area (Å²) in [5.41, 5.74) is 1.21. The van der Waals surface area contributed by atoms with E-state index in [-0.39, 0.29) is 36.6 Å². The first-order valence-electron chi connectivity index (χ1n) is 8.68. The van der Waals surface area contributed by atoms with Crippen molar-refractivity contribution in [3.05, 3.63) is 47.7 Å². The Kier molecular flexibility index (Phi) is 4.42. The smallest absolute Gasteiger partial charge is 0.322 e. The molecule has 0 aliphatic carbocycles. The quantitative estimate of drug-likeness (QED) is 0.742. The van der Waals surface area contributed by atoms with Crippen LogP contribution in [0.5, 0.6) is 0 Å². The fourth-order valence-corrected chi connectivity index (χ4v) is 3.19. The Balaban J connectivity index is 1.44. The summed E-state index contributed by atoms with van der Waals surface area (Å²) in [5, 5.41) is 10.3. The van der Waals surface area contributed by atoms with Crippen molar-refractivity contribution in [2.24, 2.45) is 5.92 Å². The molecule has 2 amide bonds. The second-order valence-electron chi connectivity index (χ2n) is 6.61. The van der Waals surface area contributed by atoms with Gasteiger partial charge in [-0.15, -0.1) is 5.10 Å². The number of hydrogen-bond donors (Lipinski definition) is 1. The third-order valence-corrected chi connectivity index (χ3v) is 4.56. The van der Waals surface area contributed by atoms with Crippen molar-refractivity contribution in [3.63, 3.8) is 0 Å². The van der Waals surface area contributed by atoms with Gasteiger partial charge in [0.05, 0.1) is 11.5 Å². The van der Waals surface area contributed by atoms with Gasteiger partial charge in [0.15, 0.2) is 0 Å². The predicted molar refractivity (Wildman–Crippen MR) is 97.0 cm³/mol. The van der Waals surface area contributed by atoms with Gasteiger partial charge >= 0.3 is 6.01 Å². The molecule has 28 heavy (non-hydrogen) atoms. The van der Waals surface area contributed by atoms with Crippen molar-refractivity contribution in [2.45, 2.75) is 20.3 Å². The summed E-state index contributed by atoms with van der Waals surface area (Å²) < 4.78 is 24.0. The predicted octanol–water partition coefficient (Wildman–Crippen LogP) is 3.08. The Labute approximate surface area is 159 Å². The molecule has 1 N–H and O–H groups in total. The maximum Gasteiger partial charge on any atom is 0.322 e. The van der Waals surface area contributed by atoms with Crippen molar-refractivity contribution in [2.75, 3.05) is 16.8 Å². The minimum Gasteiger partial charge on any atom is -0.466 e. The van der Waals surface area contributed by atoms with Crippen LogP contribution >= 0.6 is 0 Å². The van der Waals surface area contributed by atoms with Gasteiger partial charge in [0, 0.05) is 18.7 Å². The summed E-state index contributed by atoms with van der Waals surface area (Å²) in [7, 11) is 0. The first-order valence-corrected chi connectivity index (χ1v) is 8.68. The van der Waals surface area contributed by atoms with Crippen molar-refractivity contribution in [3.8, 4) is 11.5 Å². The second-order valence-corrected chi connectivity index (χ2v) is 6.61. The van der Waals surface area contributed by atoms with Crippen LogP contribution in [0.4, 0.5) is 16.1 Å². The van der Waals surface area contributed by atoms with Gasteiger partial charge in [-0.25, -0.2) is 4.39 Å². The largest absolute Gasteiger partial charge is 0.466 e. The molecule has 9 heteroatoms. The molecule has 1 aromatic carbocycles. The maximum absolute atomic E-state index is 13.1. The van der Waals surface area contributed by atoms with Crippen LogP contribution in [-0.2, 0) is 9.59 Å². The first-order chi connectivity index (χ1) is 13.4. The van der Waals surface area contributed by atoms with E-state index in [0.29, 0.717) is 22.8 Å². The van der Waals surface area contributed by atoms with Crippen molar-refractivity contribution in [1.29, 1.82) is 0 Å². The van der Waals surface area contributed by atoms with Gasteiger partial charge in [-0.05, 0) is 44.2 Å². The summed E-state index contributed by atoms with van der Waals surface area (Å²) in [6.07, 6.45) is 0.0459. The number of amides is 2. The van der Waals surface area contributed by atoms with Gasteiger partial charge in [-0.1, -0.05) is 5.10 Å². The normalized spacial score (nSPS) is 16.6. The summed E-state index contributed by atoms with van der Waals surface area (Å²) in [5.74, 6) is 0.0126. The lowest BCUT2D eigenvalue weighted by Gasteiger charge is -2.16. The first kappa shape index (κ1) is 17.9. The van der Waals surface area contributed by atoms with E-state index in [2.05, 4.69) is 15.5 Å². The van der Waals surface area contributed by atoms with E-state index in [1.54, 1.807) is 19.9 Å². The van der Waals surface area contributed by atoms with Crippen LogP contribution in [0.3, 0.4) is 0 Å². The van der Waals surface area contributed by atoms with Crippen LogP contribution in [-0.4, -0.2) is 28.6 Å². The summed E-state index contributed by atoms with van der Waals surface area (Å²) in [6.45, 7) is 3.77. The Bertz CT molecular complexity index is 1040. The number of nitrogens with zero attached hydrogens (tertiary/aromatic N) is 3. The van der Waals surface area contributed by atoms with Crippen LogP contribution < -0.4 is 10.2 Å². The highest BCUT2D eigenvalue weighted by molar-refractivity contribution is 6.03. The van der Waals surface area contributed by atoms with Crippen molar-refractivity contribution >= 4 is 23.5 Å². The molecule has 1 aliphatic rings. The van der Waals surface area contributed by atoms with E-state index in [9.17, 15) is 14.0 Å². The molecular formula is C19H17FN4O4. The number of rotatable bonds is 4. The number of aromatic nitrogens is 2. The van der Waals surface area contributed by atoms with Crippen LogP contribution in [0.15, 0.2) is 39.2 Å². The molecule has 3 aromatic rings. The molecule has 1 atom stereocenters. The zero-order valence-corrected chi connectivity index (χ0v) is 15.2. The molecule has 2 aromatic heterocycles. The molecule has 1 aliphatic heterocycles. The molecule has 0 radical (unpaired) electrons. The zero-order chi connectivity index (χ0) is 19.8. The van der Waals surface area contributed by atoms with E-state index in [4.69, 9.17) is 8.83 Å². The minimum absolute atomic E-state index is 0.0459. The second kappa shape index (κ2) is 6.91. The monoisotopic (exact) mass is 384 g/mol. The lowest BCUT2D eigenvalue weighted by atomic mass is 10.1. The summed E-state index contributed by atoms with van der Waals surface area (Å²) in [4.78, 5) is 26.2. The molecule has 1 fully saturated rings. The fourth-order valence-electron chi connectivity index (χ4n) is 3.19. The van der Waals surface area contributed by atoms with Gasteiger partial charge < -0.3 is 13.7 Å². The number of hydrogen-bond acceptors (Lipinski definition) is 6. The number of nitrogens with one attached hydrogen (secondary N) is 1. The van der Waals surface area contributed by atoms with Gasteiger partial charge in [-0.2, -0.15) is 0 Å². The van der Waals surface area contributed by atoms with Crippen molar-refractivity contribution < 1.29 is 22.8 Å². The number of halogens is 1. The molecule has 1 unspecified atom stereocenters. The van der Waals surface area contributed by atoms with Crippen molar-refractivity contribution in [1.82, 2.24) is 10.2 Å². The van der Waals surface area contributed by atoms with E-state index >= 15 is 0 Å². The standard InChI is InChI=1S/C19H17FN4O4/c1-10-7-15(11(2)27-10)18-22-23-19(28-18)21-17(26)12-8-16(25)24(9-12)14-5-3-13(20)4-6-14/h3-7,12H,8-9H2,1-2H3,(H,21,23,26). The van der Waals surface area contributed by atoms with E-state index in [1.807, 2.05) is 0 Å². The Morgan fingerprint density at radius 2 is 1.96 bits per heavy atom. The SMILES string of the molecule is Cc1cc(-c2nnc(NC(=O)C3CC(=O)N(c4ccc(F)cc4)C3)o2)c(C)o1. The van der Waals surface area contributed by atoms with E-state index < -0.39 is 11.8 Å². The molecule has 4 rings (SSSR count). The molecule has 0 spiro atoms. The number of furan rings is 1.